The molecular weight excluding hydrogens is 313 g/mol. The highest BCUT2D eigenvalue weighted by molar-refractivity contribution is 6.32. The first-order chi connectivity index (χ1) is 10.6. The number of hydrogen-bond acceptors (Lipinski definition) is 4. The highest BCUT2D eigenvalue weighted by Gasteiger charge is 2.11. The van der Waals surface area contributed by atoms with E-state index in [4.69, 9.17) is 16.3 Å². The van der Waals surface area contributed by atoms with Crippen molar-refractivity contribution in [3.05, 3.63) is 59.1 Å². The van der Waals surface area contributed by atoms with Crippen molar-refractivity contribution in [2.45, 2.75) is 0 Å². The van der Waals surface area contributed by atoms with Crippen molar-refractivity contribution in [3.8, 4) is 5.75 Å². The van der Waals surface area contributed by atoms with Crippen LogP contribution in [-0.4, -0.2) is 23.4 Å². The van der Waals surface area contributed by atoms with Gasteiger partial charge in [0.1, 0.15) is 16.7 Å². The number of carbonyl (C=O) groups excluding carboxylic acids is 2. The van der Waals surface area contributed by atoms with Gasteiger partial charge in [0, 0.05) is 12.3 Å². The Hall–Kier alpha value is -2.67. The van der Waals surface area contributed by atoms with Crippen LogP contribution in [0.5, 0.6) is 5.75 Å². The molecule has 0 unspecified atom stereocenters. The predicted molar refractivity (Wildman–Crippen MR) is 76.8 cm³/mol. The van der Waals surface area contributed by atoms with Gasteiger partial charge in [0.05, 0.1) is 5.56 Å². The molecule has 8 heteroatoms. The number of rotatable bonds is 4. The number of pyridine rings is 1. The van der Waals surface area contributed by atoms with E-state index in [1.807, 2.05) is 0 Å². The largest absolute Gasteiger partial charge is 0.484 e. The van der Waals surface area contributed by atoms with Gasteiger partial charge < -0.3 is 4.74 Å². The molecule has 2 rings (SSSR count). The number of nitrogens with zero attached hydrogens (tertiary/aromatic N) is 1. The number of hydrazine groups is 1. The molecule has 2 N–H and O–H groups in total. The first-order valence-corrected chi connectivity index (χ1v) is 6.52. The van der Waals surface area contributed by atoms with Crippen molar-refractivity contribution in [1.82, 2.24) is 15.8 Å². The Morgan fingerprint density at radius 1 is 1.23 bits per heavy atom. The van der Waals surface area contributed by atoms with Gasteiger partial charge in [0.2, 0.25) is 0 Å². The lowest BCUT2D eigenvalue weighted by Crippen LogP contribution is -2.44. The van der Waals surface area contributed by atoms with Crippen LogP contribution < -0.4 is 15.6 Å². The normalized spacial score (nSPS) is 9.91. The fourth-order valence-corrected chi connectivity index (χ4v) is 1.70. The molecule has 1 aromatic heterocycles. The van der Waals surface area contributed by atoms with E-state index in [-0.39, 0.29) is 23.1 Å². The lowest BCUT2D eigenvalue weighted by atomic mass is 10.3. The summed E-state index contributed by atoms with van der Waals surface area (Å²) in [6.45, 7) is -0.384. The third-order valence-electron chi connectivity index (χ3n) is 2.49. The van der Waals surface area contributed by atoms with E-state index < -0.39 is 17.6 Å². The Morgan fingerprint density at radius 3 is 2.77 bits per heavy atom. The molecule has 0 bridgehead atoms. The minimum absolute atomic E-state index is 0.0188. The molecule has 2 aromatic rings. The van der Waals surface area contributed by atoms with E-state index in [1.165, 1.54) is 36.5 Å². The maximum atomic E-state index is 12.9. The van der Waals surface area contributed by atoms with Gasteiger partial charge >= 0.3 is 0 Å². The van der Waals surface area contributed by atoms with Crippen LogP contribution in [0.4, 0.5) is 4.39 Å². The summed E-state index contributed by atoms with van der Waals surface area (Å²) >= 11 is 5.75. The summed E-state index contributed by atoms with van der Waals surface area (Å²) in [7, 11) is 0. The van der Waals surface area contributed by atoms with Gasteiger partial charge in [-0.1, -0.05) is 17.7 Å². The number of aromatic nitrogens is 1. The van der Waals surface area contributed by atoms with E-state index in [1.54, 1.807) is 0 Å². The molecule has 0 atom stereocenters. The Kier molecular flexibility index (Phi) is 5.26. The zero-order valence-corrected chi connectivity index (χ0v) is 11.9. The number of amides is 2. The summed E-state index contributed by atoms with van der Waals surface area (Å²) in [4.78, 5) is 27.0. The van der Waals surface area contributed by atoms with Crippen LogP contribution in [0, 0.1) is 5.82 Å². The second kappa shape index (κ2) is 7.37. The second-order valence-electron chi connectivity index (χ2n) is 4.09. The maximum absolute atomic E-state index is 12.9. The van der Waals surface area contributed by atoms with Gasteiger partial charge in [-0.15, -0.1) is 0 Å². The van der Waals surface area contributed by atoms with E-state index in [9.17, 15) is 14.0 Å². The molecule has 1 aromatic carbocycles. The number of ether oxygens (including phenoxy) is 1. The van der Waals surface area contributed by atoms with Gasteiger partial charge in [0.15, 0.2) is 6.61 Å². The van der Waals surface area contributed by atoms with Crippen LogP contribution in [0.3, 0.4) is 0 Å². The zero-order chi connectivity index (χ0) is 15.9. The van der Waals surface area contributed by atoms with Crippen molar-refractivity contribution in [1.29, 1.82) is 0 Å². The summed E-state index contributed by atoms with van der Waals surface area (Å²) in [6.07, 6.45) is 1.44. The molecule has 0 aliphatic heterocycles. The van der Waals surface area contributed by atoms with Gasteiger partial charge in [0.25, 0.3) is 11.8 Å². The second-order valence-corrected chi connectivity index (χ2v) is 4.45. The standard InChI is InChI=1S/C14H11ClFN3O3/c15-13-11(5-2-6-17-13)14(21)19-18-12(20)8-22-10-4-1-3-9(16)7-10/h1-7H,8H2,(H,18,20)(H,19,21). The molecule has 0 aliphatic carbocycles. The van der Waals surface area contributed by atoms with Crippen molar-refractivity contribution < 1.29 is 18.7 Å². The molecule has 0 saturated heterocycles. The summed E-state index contributed by atoms with van der Waals surface area (Å²) in [5.74, 6) is -1.50. The summed E-state index contributed by atoms with van der Waals surface area (Å²) in [6, 6.07) is 8.35. The fraction of sp³-hybridized carbons (Fsp3) is 0.0714. The minimum atomic E-state index is -0.614. The number of nitrogens with one attached hydrogen (secondary N) is 2. The van der Waals surface area contributed by atoms with Crippen molar-refractivity contribution in [3.63, 3.8) is 0 Å². The first kappa shape index (κ1) is 15.7. The first-order valence-electron chi connectivity index (χ1n) is 6.14. The number of carbonyl (C=O) groups is 2. The van der Waals surface area contributed by atoms with Crippen LogP contribution in [-0.2, 0) is 4.79 Å². The molecule has 114 valence electrons. The molecule has 0 fully saturated rings. The summed E-state index contributed by atoms with van der Waals surface area (Å²) in [5.41, 5.74) is 4.44. The third-order valence-corrected chi connectivity index (χ3v) is 2.79. The van der Waals surface area contributed by atoms with Gasteiger partial charge in [-0.05, 0) is 24.3 Å². The van der Waals surface area contributed by atoms with Crippen LogP contribution in [0.25, 0.3) is 0 Å². The Bertz CT molecular complexity index is 697. The van der Waals surface area contributed by atoms with Gasteiger partial charge in [-0.3, -0.25) is 20.4 Å². The number of benzene rings is 1. The number of hydrogen-bond donors (Lipinski definition) is 2. The monoisotopic (exact) mass is 323 g/mol. The SMILES string of the molecule is O=C(COc1cccc(F)c1)NNC(=O)c1cccnc1Cl. The molecule has 22 heavy (non-hydrogen) atoms. The molecule has 0 radical (unpaired) electrons. The molecule has 6 nitrogen and oxygen atoms in total. The quantitative estimate of drug-likeness (QED) is 0.663. The Labute approximate surface area is 130 Å². The lowest BCUT2D eigenvalue weighted by Gasteiger charge is -2.09. The highest BCUT2D eigenvalue weighted by Crippen LogP contribution is 2.12. The van der Waals surface area contributed by atoms with E-state index in [0.29, 0.717) is 0 Å². The van der Waals surface area contributed by atoms with E-state index in [0.717, 1.165) is 6.07 Å². The number of halogens is 2. The van der Waals surface area contributed by atoms with Crippen LogP contribution >= 0.6 is 11.6 Å². The topological polar surface area (TPSA) is 80.3 Å². The maximum Gasteiger partial charge on any atom is 0.276 e. The smallest absolute Gasteiger partial charge is 0.276 e. The van der Waals surface area contributed by atoms with Gasteiger partial charge in [-0.25, -0.2) is 9.37 Å². The summed E-state index contributed by atoms with van der Waals surface area (Å²) < 4.78 is 18.0. The molecular formula is C14H11ClFN3O3. The molecule has 0 spiro atoms. The van der Waals surface area contributed by atoms with Crippen molar-refractivity contribution in [2.75, 3.05) is 6.61 Å². The fourth-order valence-electron chi connectivity index (χ4n) is 1.49. The van der Waals surface area contributed by atoms with Crippen LogP contribution in [0.1, 0.15) is 10.4 Å². The van der Waals surface area contributed by atoms with Crippen molar-refractivity contribution >= 4 is 23.4 Å². The highest BCUT2D eigenvalue weighted by atomic mass is 35.5. The Morgan fingerprint density at radius 2 is 2.05 bits per heavy atom. The predicted octanol–water partition coefficient (Wildman–Crippen LogP) is 1.71. The molecule has 0 saturated carbocycles. The summed E-state index contributed by atoms with van der Waals surface area (Å²) in [5, 5.41) is 0.0188. The van der Waals surface area contributed by atoms with Crippen LogP contribution in [0.2, 0.25) is 5.15 Å². The average Bonchev–Trinajstić information content (AvgIpc) is 2.51. The average molecular weight is 324 g/mol. The van der Waals surface area contributed by atoms with Crippen LogP contribution in [0.15, 0.2) is 42.6 Å². The Balaban J connectivity index is 1.81. The van der Waals surface area contributed by atoms with Crippen molar-refractivity contribution in [2.24, 2.45) is 0 Å². The molecule has 1 heterocycles. The van der Waals surface area contributed by atoms with Gasteiger partial charge in [-0.2, -0.15) is 0 Å². The zero-order valence-electron chi connectivity index (χ0n) is 11.2. The minimum Gasteiger partial charge on any atom is -0.484 e. The molecule has 0 aliphatic rings. The van der Waals surface area contributed by atoms with E-state index in [2.05, 4.69) is 15.8 Å². The van der Waals surface area contributed by atoms with E-state index >= 15 is 0 Å². The molecule has 2 amide bonds. The third kappa shape index (κ3) is 4.42. The lowest BCUT2D eigenvalue weighted by molar-refractivity contribution is -0.123.